The van der Waals surface area contributed by atoms with Crippen LogP contribution in [0.1, 0.15) is 17.0 Å². The first-order chi connectivity index (χ1) is 7.09. The van der Waals surface area contributed by atoms with Crippen LogP contribution in [-0.4, -0.2) is 20.2 Å². The van der Waals surface area contributed by atoms with Crippen molar-refractivity contribution in [3.8, 4) is 5.69 Å². The van der Waals surface area contributed by atoms with Gasteiger partial charge < -0.3 is 0 Å². The number of aryl methyl sites for hydroxylation is 3. The molecule has 2 rings (SSSR count). The summed E-state index contributed by atoms with van der Waals surface area (Å²) < 4.78 is 2.74. The van der Waals surface area contributed by atoms with Gasteiger partial charge in [0.1, 0.15) is 0 Å². The van der Waals surface area contributed by atoms with Gasteiger partial charge in [0.2, 0.25) is 0 Å². The molecule has 5 heteroatoms. The molecule has 0 radical (unpaired) electrons. The number of benzene rings is 1. The lowest BCUT2D eigenvalue weighted by atomic mass is 10.1. The van der Waals surface area contributed by atoms with E-state index in [9.17, 15) is 0 Å². The van der Waals surface area contributed by atoms with E-state index in [1.807, 2.05) is 13.8 Å². The normalized spacial score (nSPS) is 10.7. The average molecular weight is 267 g/mol. The molecular weight excluding hydrogens is 256 g/mol. The molecule has 0 amide bonds. The Labute approximate surface area is 96.4 Å². The van der Waals surface area contributed by atoms with Crippen molar-refractivity contribution in [3.63, 3.8) is 0 Å². The van der Waals surface area contributed by atoms with E-state index in [0.29, 0.717) is 0 Å². The maximum Gasteiger partial charge on any atom is 0.153 e. The van der Waals surface area contributed by atoms with Crippen LogP contribution >= 0.6 is 15.9 Å². The maximum atomic E-state index is 3.96. The minimum absolute atomic E-state index is 0.780. The molecule has 2 aromatic rings. The number of nitrogens with zero attached hydrogens (tertiary/aromatic N) is 4. The van der Waals surface area contributed by atoms with E-state index in [2.05, 4.69) is 50.5 Å². The van der Waals surface area contributed by atoms with Crippen molar-refractivity contribution in [2.24, 2.45) is 0 Å². The highest BCUT2D eigenvalue weighted by molar-refractivity contribution is 9.10. The van der Waals surface area contributed by atoms with Gasteiger partial charge in [0.05, 0.1) is 5.69 Å². The second kappa shape index (κ2) is 3.73. The minimum atomic E-state index is 0.780. The second-order valence-electron chi connectivity index (χ2n) is 3.55. The summed E-state index contributed by atoms with van der Waals surface area (Å²) >= 11 is 3.54. The number of tetrazole rings is 1. The molecule has 0 aliphatic carbocycles. The average Bonchev–Trinajstić information content (AvgIpc) is 2.50. The quantitative estimate of drug-likeness (QED) is 0.796. The van der Waals surface area contributed by atoms with Crippen molar-refractivity contribution in [1.29, 1.82) is 0 Å². The molecule has 0 bridgehead atoms. The van der Waals surface area contributed by atoms with Gasteiger partial charge >= 0.3 is 0 Å². The Hall–Kier alpha value is -1.23. The zero-order valence-corrected chi connectivity index (χ0v) is 10.4. The molecule has 0 aliphatic rings. The monoisotopic (exact) mass is 266 g/mol. The van der Waals surface area contributed by atoms with Crippen LogP contribution in [0, 0.1) is 20.8 Å². The highest BCUT2D eigenvalue weighted by atomic mass is 79.9. The van der Waals surface area contributed by atoms with E-state index >= 15 is 0 Å². The van der Waals surface area contributed by atoms with E-state index < -0.39 is 0 Å². The topological polar surface area (TPSA) is 43.6 Å². The third-order valence-electron chi connectivity index (χ3n) is 2.24. The molecule has 78 valence electrons. The summed E-state index contributed by atoms with van der Waals surface area (Å²) in [6.45, 7) is 5.99. The summed E-state index contributed by atoms with van der Waals surface area (Å²) in [6, 6.07) is 4.17. The molecule has 0 fully saturated rings. The first kappa shape index (κ1) is 10.3. The summed E-state index contributed by atoms with van der Waals surface area (Å²) in [4.78, 5) is 0. The van der Waals surface area contributed by atoms with Crippen molar-refractivity contribution in [2.45, 2.75) is 20.8 Å². The van der Waals surface area contributed by atoms with Crippen molar-refractivity contribution in [1.82, 2.24) is 20.2 Å². The van der Waals surface area contributed by atoms with Crippen LogP contribution in [0.15, 0.2) is 16.6 Å². The first-order valence-electron chi connectivity index (χ1n) is 4.61. The molecule has 0 atom stereocenters. The smallest absolute Gasteiger partial charge is 0.153 e. The molecule has 1 aromatic carbocycles. The lowest BCUT2D eigenvalue weighted by Gasteiger charge is -2.09. The van der Waals surface area contributed by atoms with Crippen molar-refractivity contribution < 1.29 is 0 Å². The summed E-state index contributed by atoms with van der Waals surface area (Å²) in [6.07, 6.45) is 0. The Kier molecular flexibility index (Phi) is 2.56. The fraction of sp³-hybridized carbons (Fsp3) is 0.300. The Balaban J connectivity index is 2.68. The number of hydrogen-bond acceptors (Lipinski definition) is 3. The highest BCUT2D eigenvalue weighted by Crippen LogP contribution is 2.25. The zero-order valence-electron chi connectivity index (χ0n) is 8.82. The Bertz CT molecular complexity index is 481. The van der Waals surface area contributed by atoms with E-state index in [-0.39, 0.29) is 0 Å². The third-order valence-corrected chi connectivity index (χ3v) is 2.84. The van der Waals surface area contributed by atoms with Crippen LogP contribution in [0.25, 0.3) is 5.69 Å². The molecule has 15 heavy (non-hydrogen) atoms. The minimum Gasteiger partial charge on any atom is -0.196 e. The maximum absolute atomic E-state index is 3.96. The van der Waals surface area contributed by atoms with Crippen LogP contribution < -0.4 is 0 Å². The number of aromatic nitrogens is 4. The van der Waals surface area contributed by atoms with Gasteiger partial charge in [0.15, 0.2) is 5.82 Å². The molecular formula is C10H11BrN4. The number of hydrogen-bond donors (Lipinski definition) is 0. The van der Waals surface area contributed by atoms with Gasteiger partial charge in [0.25, 0.3) is 0 Å². The molecule has 1 aromatic heterocycles. The van der Waals surface area contributed by atoms with E-state index in [4.69, 9.17) is 0 Å². The SMILES string of the molecule is Cc1cc(C)c(-n2nnnc2C)c(Br)c1. The largest absolute Gasteiger partial charge is 0.196 e. The summed E-state index contributed by atoms with van der Waals surface area (Å²) in [5.74, 6) is 0.780. The van der Waals surface area contributed by atoms with Crippen molar-refractivity contribution in [2.75, 3.05) is 0 Å². The van der Waals surface area contributed by atoms with Crippen molar-refractivity contribution >= 4 is 15.9 Å². The van der Waals surface area contributed by atoms with Gasteiger partial charge in [-0.05, 0) is 64.3 Å². The molecule has 0 saturated heterocycles. The van der Waals surface area contributed by atoms with Crippen LogP contribution in [0.5, 0.6) is 0 Å². The molecule has 0 N–H and O–H groups in total. The predicted molar refractivity (Wildman–Crippen MR) is 61.1 cm³/mol. The fourth-order valence-electron chi connectivity index (χ4n) is 1.61. The predicted octanol–water partition coefficient (Wildman–Crippen LogP) is 2.35. The third kappa shape index (κ3) is 1.79. The lowest BCUT2D eigenvalue weighted by Crippen LogP contribution is -2.03. The lowest BCUT2D eigenvalue weighted by molar-refractivity contribution is 0.772. The summed E-state index contributed by atoms with van der Waals surface area (Å²) in [7, 11) is 0. The zero-order chi connectivity index (χ0) is 11.0. The molecule has 0 spiro atoms. The van der Waals surface area contributed by atoms with Gasteiger partial charge in [-0.25, -0.2) is 0 Å². The van der Waals surface area contributed by atoms with Crippen molar-refractivity contribution in [3.05, 3.63) is 33.6 Å². The Morgan fingerprint density at radius 1 is 1.20 bits per heavy atom. The number of halogens is 1. The van der Waals surface area contributed by atoms with E-state index in [1.165, 1.54) is 5.56 Å². The van der Waals surface area contributed by atoms with Gasteiger partial charge in [-0.15, -0.1) is 5.10 Å². The summed E-state index contributed by atoms with van der Waals surface area (Å²) in [5, 5.41) is 11.5. The van der Waals surface area contributed by atoms with Crippen LogP contribution in [-0.2, 0) is 0 Å². The molecule has 4 nitrogen and oxygen atoms in total. The standard InChI is InChI=1S/C10H11BrN4/c1-6-4-7(2)10(9(11)5-6)15-8(3)12-13-14-15/h4-5H,1-3H3. The molecule has 0 aliphatic heterocycles. The van der Waals surface area contributed by atoms with Gasteiger partial charge in [0, 0.05) is 4.47 Å². The van der Waals surface area contributed by atoms with E-state index in [1.54, 1.807) is 4.68 Å². The molecule has 0 saturated carbocycles. The highest BCUT2D eigenvalue weighted by Gasteiger charge is 2.10. The molecule has 1 heterocycles. The van der Waals surface area contributed by atoms with Gasteiger partial charge in [-0.1, -0.05) is 6.07 Å². The van der Waals surface area contributed by atoms with E-state index in [0.717, 1.165) is 21.5 Å². The molecule has 0 unspecified atom stereocenters. The first-order valence-corrected chi connectivity index (χ1v) is 5.41. The summed E-state index contributed by atoms with van der Waals surface area (Å²) in [5.41, 5.74) is 3.37. The van der Waals surface area contributed by atoms with Gasteiger partial charge in [-0.3, -0.25) is 0 Å². The number of rotatable bonds is 1. The second-order valence-corrected chi connectivity index (χ2v) is 4.40. The Morgan fingerprint density at radius 3 is 2.47 bits per heavy atom. The van der Waals surface area contributed by atoms with Crippen LogP contribution in [0.2, 0.25) is 0 Å². The fourth-order valence-corrected chi connectivity index (χ4v) is 2.46. The Morgan fingerprint density at radius 2 is 1.93 bits per heavy atom. The van der Waals surface area contributed by atoms with Crippen LogP contribution in [0.4, 0.5) is 0 Å². The van der Waals surface area contributed by atoms with Crippen LogP contribution in [0.3, 0.4) is 0 Å². The van der Waals surface area contributed by atoms with Gasteiger partial charge in [-0.2, -0.15) is 4.68 Å².